The molecule has 86 valence electrons. The fraction of sp³-hybridized carbons (Fsp3) is 0.0667. The molecule has 0 saturated carbocycles. The van der Waals surface area contributed by atoms with Gasteiger partial charge in [-0.3, -0.25) is 0 Å². The maximum atomic E-state index is 9.54. The zero-order valence-corrected chi connectivity index (χ0v) is 9.51. The van der Waals surface area contributed by atoms with Crippen LogP contribution in [0.25, 0.3) is 6.08 Å². The normalized spacial score (nSPS) is 10.6. The zero-order valence-electron chi connectivity index (χ0n) is 9.51. The van der Waals surface area contributed by atoms with Crippen molar-refractivity contribution in [3.63, 3.8) is 0 Å². The Bertz CT molecular complexity index is 491. The van der Waals surface area contributed by atoms with Gasteiger partial charge in [-0.2, -0.15) is 0 Å². The van der Waals surface area contributed by atoms with Crippen molar-refractivity contribution in [3.8, 4) is 5.75 Å². The average Bonchev–Trinajstić information content (AvgIpc) is 2.38. The average molecular weight is 225 g/mol. The molecular weight excluding hydrogens is 210 g/mol. The van der Waals surface area contributed by atoms with Gasteiger partial charge in [0.05, 0.1) is 5.69 Å². The summed E-state index contributed by atoms with van der Waals surface area (Å²) in [7, 11) is 0. The van der Waals surface area contributed by atoms with Crippen LogP contribution in [-0.2, 0) is 0 Å². The molecule has 0 saturated heterocycles. The van der Waals surface area contributed by atoms with E-state index in [0.29, 0.717) is 6.54 Å². The molecule has 17 heavy (non-hydrogen) atoms. The van der Waals surface area contributed by atoms with Crippen LogP contribution in [0.5, 0.6) is 5.75 Å². The van der Waals surface area contributed by atoms with Gasteiger partial charge in [-0.1, -0.05) is 54.6 Å². The molecular formula is C15H15NO. The topological polar surface area (TPSA) is 32.3 Å². The van der Waals surface area contributed by atoms with E-state index >= 15 is 0 Å². The highest BCUT2D eigenvalue weighted by atomic mass is 16.3. The van der Waals surface area contributed by atoms with Gasteiger partial charge in [0.15, 0.2) is 0 Å². The highest BCUT2D eigenvalue weighted by Gasteiger charge is 1.95. The van der Waals surface area contributed by atoms with Gasteiger partial charge in [-0.05, 0) is 17.7 Å². The summed E-state index contributed by atoms with van der Waals surface area (Å²) < 4.78 is 0. The van der Waals surface area contributed by atoms with Crippen LogP contribution in [0.2, 0.25) is 0 Å². The lowest BCUT2D eigenvalue weighted by Crippen LogP contribution is -1.97. The molecule has 0 fully saturated rings. The Morgan fingerprint density at radius 2 is 1.65 bits per heavy atom. The summed E-state index contributed by atoms with van der Waals surface area (Å²) >= 11 is 0. The minimum absolute atomic E-state index is 0.278. The molecule has 0 atom stereocenters. The number of aromatic hydroxyl groups is 1. The zero-order chi connectivity index (χ0) is 11.9. The standard InChI is InChI=1S/C15H15NO/c17-15-11-5-4-10-14(15)16-12-6-9-13-7-2-1-3-8-13/h1-11,16-17H,12H2. The molecule has 0 spiro atoms. The van der Waals surface area contributed by atoms with E-state index in [-0.39, 0.29) is 5.75 Å². The van der Waals surface area contributed by atoms with Crippen molar-refractivity contribution in [2.45, 2.75) is 0 Å². The van der Waals surface area contributed by atoms with Gasteiger partial charge in [0.1, 0.15) is 5.75 Å². The summed E-state index contributed by atoms with van der Waals surface area (Å²) in [6, 6.07) is 17.3. The lowest BCUT2D eigenvalue weighted by Gasteiger charge is -2.04. The van der Waals surface area contributed by atoms with E-state index in [0.717, 1.165) is 5.69 Å². The summed E-state index contributed by atoms with van der Waals surface area (Å²) in [4.78, 5) is 0. The van der Waals surface area contributed by atoms with E-state index in [2.05, 4.69) is 17.4 Å². The van der Waals surface area contributed by atoms with Crippen LogP contribution in [0, 0.1) is 0 Å². The van der Waals surface area contributed by atoms with Gasteiger partial charge in [-0.25, -0.2) is 0 Å². The largest absolute Gasteiger partial charge is 0.506 e. The SMILES string of the molecule is Oc1ccccc1NCC=Cc1ccccc1. The van der Waals surface area contributed by atoms with Gasteiger partial charge in [0.2, 0.25) is 0 Å². The summed E-state index contributed by atoms with van der Waals surface area (Å²) in [5.74, 6) is 0.278. The molecule has 2 nitrogen and oxygen atoms in total. The monoisotopic (exact) mass is 225 g/mol. The summed E-state index contributed by atoms with van der Waals surface area (Å²) in [5, 5.41) is 12.7. The van der Waals surface area contributed by atoms with E-state index in [1.54, 1.807) is 12.1 Å². The Balaban J connectivity index is 1.88. The number of phenols is 1. The van der Waals surface area contributed by atoms with E-state index in [1.807, 2.05) is 42.5 Å². The number of nitrogens with one attached hydrogen (secondary N) is 1. The lowest BCUT2D eigenvalue weighted by atomic mass is 10.2. The van der Waals surface area contributed by atoms with Gasteiger partial charge < -0.3 is 10.4 Å². The molecule has 2 N–H and O–H groups in total. The van der Waals surface area contributed by atoms with Gasteiger partial charge in [0, 0.05) is 6.54 Å². The Hall–Kier alpha value is -2.22. The Kier molecular flexibility index (Phi) is 3.81. The van der Waals surface area contributed by atoms with E-state index in [9.17, 15) is 5.11 Å². The highest BCUT2D eigenvalue weighted by Crippen LogP contribution is 2.20. The first-order valence-corrected chi connectivity index (χ1v) is 5.60. The predicted molar refractivity (Wildman–Crippen MR) is 72.1 cm³/mol. The highest BCUT2D eigenvalue weighted by molar-refractivity contribution is 5.56. The molecule has 2 heteroatoms. The van der Waals surface area contributed by atoms with Crippen LogP contribution in [0.1, 0.15) is 5.56 Å². The van der Waals surface area contributed by atoms with Crippen molar-refractivity contribution in [3.05, 3.63) is 66.2 Å². The van der Waals surface area contributed by atoms with Crippen molar-refractivity contribution in [2.75, 3.05) is 11.9 Å². The number of phenolic OH excluding ortho intramolecular Hbond substituents is 1. The maximum absolute atomic E-state index is 9.54. The first-order valence-electron chi connectivity index (χ1n) is 5.60. The molecule has 0 aliphatic heterocycles. The molecule has 0 amide bonds. The van der Waals surface area contributed by atoms with Gasteiger partial charge in [-0.15, -0.1) is 0 Å². The molecule has 0 aliphatic carbocycles. The Labute approximate surface area is 101 Å². The molecule has 0 aliphatic rings. The second-order valence-corrected chi connectivity index (χ2v) is 3.71. The molecule has 2 aromatic rings. The van der Waals surface area contributed by atoms with Crippen LogP contribution >= 0.6 is 0 Å². The summed E-state index contributed by atoms with van der Waals surface area (Å²) in [5.41, 5.74) is 1.93. The third kappa shape index (κ3) is 3.38. The van der Waals surface area contributed by atoms with E-state index in [1.165, 1.54) is 5.56 Å². The Morgan fingerprint density at radius 1 is 0.941 bits per heavy atom. The number of benzene rings is 2. The molecule has 0 bridgehead atoms. The van der Waals surface area contributed by atoms with Gasteiger partial charge >= 0.3 is 0 Å². The van der Waals surface area contributed by atoms with Crippen molar-refractivity contribution in [1.29, 1.82) is 0 Å². The van der Waals surface area contributed by atoms with Crippen LogP contribution in [0.4, 0.5) is 5.69 Å². The summed E-state index contributed by atoms with van der Waals surface area (Å²) in [6.07, 6.45) is 4.08. The molecule has 0 heterocycles. The van der Waals surface area contributed by atoms with E-state index < -0.39 is 0 Å². The number of hydrogen-bond acceptors (Lipinski definition) is 2. The number of anilines is 1. The number of rotatable bonds is 4. The fourth-order valence-corrected chi connectivity index (χ4v) is 1.55. The third-order valence-corrected chi connectivity index (χ3v) is 2.42. The van der Waals surface area contributed by atoms with Crippen molar-refractivity contribution >= 4 is 11.8 Å². The van der Waals surface area contributed by atoms with Crippen molar-refractivity contribution < 1.29 is 5.11 Å². The molecule has 0 unspecified atom stereocenters. The Morgan fingerprint density at radius 3 is 2.41 bits per heavy atom. The second-order valence-electron chi connectivity index (χ2n) is 3.71. The smallest absolute Gasteiger partial charge is 0.138 e. The molecule has 2 rings (SSSR count). The van der Waals surface area contributed by atoms with Gasteiger partial charge in [0.25, 0.3) is 0 Å². The maximum Gasteiger partial charge on any atom is 0.138 e. The van der Waals surface area contributed by atoms with Crippen LogP contribution in [-0.4, -0.2) is 11.7 Å². The van der Waals surface area contributed by atoms with Crippen molar-refractivity contribution in [2.24, 2.45) is 0 Å². The minimum Gasteiger partial charge on any atom is -0.506 e. The third-order valence-electron chi connectivity index (χ3n) is 2.42. The lowest BCUT2D eigenvalue weighted by molar-refractivity contribution is 0.477. The van der Waals surface area contributed by atoms with Crippen molar-refractivity contribution in [1.82, 2.24) is 0 Å². The second kappa shape index (κ2) is 5.75. The number of hydrogen-bond donors (Lipinski definition) is 2. The minimum atomic E-state index is 0.278. The molecule has 0 radical (unpaired) electrons. The molecule has 0 aromatic heterocycles. The van der Waals surface area contributed by atoms with Crippen LogP contribution in [0.3, 0.4) is 0 Å². The first kappa shape index (κ1) is 11.3. The van der Waals surface area contributed by atoms with Crippen LogP contribution in [0.15, 0.2) is 60.7 Å². The number of para-hydroxylation sites is 2. The predicted octanol–water partition coefficient (Wildman–Crippen LogP) is 3.52. The fourth-order valence-electron chi connectivity index (χ4n) is 1.55. The first-order chi connectivity index (χ1) is 8.36. The summed E-state index contributed by atoms with van der Waals surface area (Å²) in [6.45, 7) is 0.687. The van der Waals surface area contributed by atoms with Crippen LogP contribution < -0.4 is 5.32 Å². The quantitative estimate of drug-likeness (QED) is 0.780. The molecule has 2 aromatic carbocycles. The van der Waals surface area contributed by atoms with E-state index in [4.69, 9.17) is 0 Å².